The molecular formula is C10H11N3O3S. The number of thiocarbonyl (C=S) groups is 1. The Morgan fingerprint density at radius 3 is 3.12 bits per heavy atom. The molecule has 90 valence electrons. The summed E-state index contributed by atoms with van der Waals surface area (Å²) in [5, 5.41) is 3.95. The maximum Gasteiger partial charge on any atom is 0.231 e. The van der Waals surface area contributed by atoms with Crippen LogP contribution in [0.3, 0.4) is 0 Å². The van der Waals surface area contributed by atoms with E-state index in [0.717, 1.165) is 5.56 Å². The number of methoxy groups -OCH3 is 1. The number of hydrazone groups is 1. The maximum atomic E-state index is 5.27. The van der Waals surface area contributed by atoms with Gasteiger partial charge in [0.1, 0.15) is 0 Å². The molecule has 0 radical (unpaired) electrons. The van der Waals surface area contributed by atoms with Crippen LogP contribution in [-0.4, -0.2) is 25.2 Å². The molecule has 0 amide bonds. The van der Waals surface area contributed by atoms with E-state index in [1.54, 1.807) is 25.5 Å². The summed E-state index contributed by atoms with van der Waals surface area (Å²) < 4.78 is 15.7. The summed E-state index contributed by atoms with van der Waals surface area (Å²) in [5.41, 5.74) is 8.49. The molecule has 0 atom stereocenters. The fourth-order valence-corrected chi connectivity index (χ4v) is 1.45. The van der Waals surface area contributed by atoms with Crippen molar-refractivity contribution in [2.75, 3.05) is 13.9 Å². The highest BCUT2D eigenvalue weighted by molar-refractivity contribution is 7.80. The summed E-state index contributed by atoms with van der Waals surface area (Å²) in [7, 11) is 1.56. The van der Waals surface area contributed by atoms with E-state index in [0.29, 0.717) is 17.2 Å². The van der Waals surface area contributed by atoms with Crippen LogP contribution in [0.5, 0.6) is 17.2 Å². The molecule has 1 heterocycles. The van der Waals surface area contributed by atoms with Gasteiger partial charge in [0.25, 0.3) is 0 Å². The smallest absolute Gasteiger partial charge is 0.231 e. The number of fused-ring (bicyclic) bond motifs is 1. The number of nitrogens with two attached hydrogens (primary N) is 1. The van der Waals surface area contributed by atoms with Crippen molar-refractivity contribution in [2.45, 2.75) is 0 Å². The fourth-order valence-electron chi connectivity index (χ4n) is 1.39. The number of hydrogen-bond acceptors (Lipinski definition) is 5. The zero-order valence-corrected chi connectivity index (χ0v) is 9.91. The molecule has 0 unspecified atom stereocenters. The lowest BCUT2D eigenvalue weighted by molar-refractivity contribution is 0.171. The topological polar surface area (TPSA) is 78.1 Å². The van der Waals surface area contributed by atoms with Crippen molar-refractivity contribution in [2.24, 2.45) is 10.8 Å². The Morgan fingerprint density at radius 2 is 2.41 bits per heavy atom. The van der Waals surface area contributed by atoms with Crippen molar-refractivity contribution < 1.29 is 14.2 Å². The van der Waals surface area contributed by atoms with E-state index in [2.05, 4.69) is 22.7 Å². The normalized spacial score (nSPS) is 12.8. The zero-order valence-electron chi connectivity index (χ0n) is 9.10. The van der Waals surface area contributed by atoms with Gasteiger partial charge in [-0.3, -0.25) is 5.43 Å². The largest absolute Gasteiger partial charge is 0.493 e. The summed E-state index contributed by atoms with van der Waals surface area (Å²) in [6.45, 7) is 0.192. The van der Waals surface area contributed by atoms with Gasteiger partial charge in [0.2, 0.25) is 12.5 Å². The molecule has 1 aromatic rings. The van der Waals surface area contributed by atoms with Crippen LogP contribution < -0.4 is 25.4 Å². The molecule has 0 saturated heterocycles. The summed E-state index contributed by atoms with van der Waals surface area (Å²) in [6, 6.07) is 3.56. The van der Waals surface area contributed by atoms with Crippen LogP contribution >= 0.6 is 12.2 Å². The number of ether oxygens (including phenoxy) is 3. The molecule has 0 spiro atoms. The van der Waals surface area contributed by atoms with Gasteiger partial charge in [0, 0.05) is 5.56 Å². The average molecular weight is 253 g/mol. The van der Waals surface area contributed by atoms with Crippen LogP contribution in [0.25, 0.3) is 0 Å². The van der Waals surface area contributed by atoms with Crippen LogP contribution in [0.4, 0.5) is 0 Å². The third kappa shape index (κ3) is 2.56. The molecular weight excluding hydrogens is 242 g/mol. The van der Waals surface area contributed by atoms with Crippen LogP contribution in [0, 0.1) is 0 Å². The monoisotopic (exact) mass is 253 g/mol. The molecule has 0 aliphatic carbocycles. The second-order valence-electron chi connectivity index (χ2n) is 3.19. The second kappa shape index (κ2) is 4.88. The van der Waals surface area contributed by atoms with E-state index >= 15 is 0 Å². The number of rotatable bonds is 3. The molecule has 2 rings (SSSR count). The average Bonchev–Trinajstić information content (AvgIpc) is 2.75. The first-order valence-corrected chi connectivity index (χ1v) is 5.17. The summed E-state index contributed by atoms with van der Waals surface area (Å²) in [6.07, 6.45) is 1.56. The molecule has 0 saturated carbocycles. The second-order valence-corrected chi connectivity index (χ2v) is 3.63. The van der Waals surface area contributed by atoms with Gasteiger partial charge in [-0.2, -0.15) is 5.10 Å². The van der Waals surface area contributed by atoms with E-state index in [-0.39, 0.29) is 11.9 Å². The summed E-state index contributed by atoms with van der Waals surface area (Å²) in [5.74, 6) is 1.82. The van der Waals surface area contributed by atoms with Crippen molar-refractivity contribution in [3.63, 3.8) is 0 Å². The summed E-state index contributed by atoms with van der Waals surface area (Å²) in [4.78, 5) is 0. The van der Waals surface area contributed by atoms with Gasteiger partial charge in [-0.25, -0.2) is 0 Å². The minimum Gasteiger partial charge on any atom is -0.493 e. The molecule has 3 N–H and O–H groups in total. The fraction of sp³-hybridized carbons (Fsp3) is 0.200. The van der Waals surface area contributed by atoms with Gasteiger partial charge in [-0.1, -0.05) is 0 Å². The molecule has 1 aliphatic rings. The predicted octanol–water partition coefficient (Wildman–Crippen LogP) is 0.591. The van der Waals surface area contributed by atoms with Crippen molar-refractivity contribution in [1.82, 2.24) is 5.43 Å². The van der Waals surface area contributed by atoms with Crippen molar-refractivity contribution in [3.05, 3.63) is 17.7 Å². The lowest BCUT2D eigenvalue weighted by atomic mass is 10.2. The van der Waals surface area contributed by atoms with Gasteiger partial charge >= 0.3 is 0 Å². The maximum absolute atomic E-state index is 5.27. The van der Waals surface area contributed by atoms with Gasteiger partial charge in [0.15, 0.2) is 16.6 Å². The highest BCUT2D eigenvalue weighted by Gasteiger charge is 2.19. The highest BCUT2D eigenvalue weighted by Crippen LogP contribution is 2.41. The minimum atomic E-state index is 0.106. The number of nitrogens with one attached hydrogen (secondary N) is 1. The SMILES string of the molecule is COc1cc(/C=N/NC(N)=S)cc2c1OCO2. The molecule has 0 bridgehead atoms. The van der Waals surface area contributed by atoms with Gasteiger partial charge in [-0.05, 0) is 24.4 Å². The van der Waals surface area contributed by atoms with Crippen LogP contribution in [0.1, 0.15) is 5.56 Å². The van der Waals surface area contributed by atoms with E-state index in [1.807, 2.05) is 0 Å². The standard InChI is InChI=1S/C10H11N3O3S/c1-14-7-2-6(4-12-13-10(11)17)3-8-9(7)16-5-15-8/h2-4H,5H2,1H3,(H3,11,13,17)/b12-4+. The first-order valence-electron chi connectivity index (χ1n) is 4.77. The van der Waals surface area contributed by atoms with Gasteiger partial charge in [-0.15, -0.1) is 0 Å². The first-order chi connectivity index (χ1) is 8.20. The van der Waals surface area contributed by atoms with Crippen molar-refractivity contribution >= 4 is 23.5 Å². The third-order valence-corrected chi connectivity index (χ3v) is 2.16. The lowest BCUT2D eigenvalue weighted by Crippen LogP contribution is -2.23. The Balaban J connectivity index is 2.24. The molecule has 0 fully saturated rings. The van der Waals surface area contributed by atoms with Crippen LogP contribution in [0.2, 0.25) is 0 Å². The van der Waals surface area contributed by atoms with Crippen LogP contribution in [0.15, 0.2) is 17.2 Å². The molecule has 1 aliphatic heterocycles. The molecule has 1 aromatic carbocycles. The number of nitrogens with zero attached hydrogens (tertiary/aromatic N) is 1. The molecule has 6 nitrogen and oxygen atoms in total. The Bertz CT molecular complexity index is 476. The van der Waals surface area contributed by atoms with E-state index in [9.17, 15) is 0 Å². The van der Waals surface area contributed by atoms with Crippen molar-refractivity contribution in [1.29, 1.82) is 0 Å². The predicted molar refractivity (Wildman–Crippen MR) is 66.6 cm³/mol. The third-order valence-electron chi connectivity index (χ3n) is 2.07. The minimum absolute atomic E-state index is 0.106. The first kappa shape index (κ1) is 11.5. The van der Waals surface area contributed by atoms with Gasteiger partial charge < -0.3 is 19.9 Å². The van der Waals surface area contributed by atoms with E-state index in [4.69, 9.17) is 19.9 Å². The molecule has 0 aromatic heterocycles. The molecule has 17 heavy (non-hydrogen) atoms. The Kier molecular flexibility index (Phi) is 3.29. The molecule has 7 heteroatoms. The van der Waals surface area contributed by atoms with Crippen LogP contribution in [-0.2, 0) is 0 Å². The van der Waals surface area contributed by atoms with Crippen molar-refractivity contribution in [3.8, 4) is 17.2 Å². The summed E-state index contributed by atoms with van der Waals surface area (Å²) >= 11 is 4.62. The highest BCUT2D eigenvalue weighted by atomic mass is 32.1. The van der Waals surface area contributed by atoms with E-state index < -0.39 is 0 Å². The Morgan fingerprint density at radius 1 is 1.59 bits per heavy atom. The number of hydrogen-bond donors (Lipinski definition) is 2. The van der Waals surface area contributed by atoms with E-state index in [1.165, 1.54) is 0 Å². The zero-order chi connectivity index (χ0) is 12.3. The quantitative estimate of drug-likeness (QED) is 0.466. The van der Waals surface area contributed by atoms with Gasteiger partial charge in [0.05, 0.1) is 13.3 Å². The lowest BCUT2D eigenvalue weighted by Gasteiger charge is -2.05. The Labute approximate surface area is 103 Å². The number of benzene rings is 1. The Hall–Kier alpha value is -2.02.